The molecule has 2 amide bonds. The molecule has 1 N–H and O–H groups in total. The molecule has 2 aromatic carbocycles. The van der Waals surface area contributed by atoms with Gasteiger partial charge >= 0.3 is 0 Å². The second-order valence-corrected chi connectivity index (χ2v) is 8.14. The monoisotopic (exact) mass is 450 g/mol. The summed E-state index contributed by atoms with van der Waals surface area (Å²) in [6, 6.07) is 13.9. The van der Waals surface area contributed by atoms with Crippen molar-refractivity contribution in [1.82, 2.24) is 10.2 Å². The highest BCUT2D eigenvalue weighted by Crippen LogP contribution is 2.27. The van der Waals surface area contributed by atoms with Crippen LogP contribution < -0.4 is 10.1 Å². The average molecular weight is 451 g/mol. The molecule has 0 unspecified atom stereocenters. The molecule has 5 nitrogen and oxygen atoms in total. The number of hydrogen-bond acceptors (Lipinski definition) is 3. The number of para-hydroxylation sites is 1. The highest BCUT2D eigenvalue weighted by atomic mass is 35.5. The zero-order chi connectivity index (χ0) is 22.1. The molecular formula is C23H28Cl2N2O3. The lowest BCUT2D eigenvalue weighted by atomic mass is 10.1. The lowest BCUT2D eigenvalue weighted by molar-refractivity contribution is -0.141. The standard InChI is InChI=1S/C23H28Cl2N2O3/c1-16(2)26-23(29)17(3)27(15-19-20(24)11-7-12-21(19)25)22(28)13-8-14-30-18-9-5-4-6-10-18/h4-7,9-12,16-17H,8,13-15H2,1-3H3,(H,26,29)/t17-/m0/s1. The number of nitrogens with zero attached hydrogens (tertiary/aromatic N) is 1. The summed E-state index contributed by atoms with van der Waals surface area (Å²) in [5.74, 6) is 0.380. The number of halogens is 2. The van der Waals surface area contributed by atoms with Crippen LogP contribution in [0.5, 0.6) is 5.75 Å². The van der Waals surface area contributed by atoms with E-state index in [2.05, 4.69) is 5.32 Å². The highest BCUT2D eigenvalue weighted by molar-refractivity contribution is 6.36. The Morgan fingerprint density at radius 2 is 1.63 bits per heavy atom. The number of hydrogen-bond donors (Lipinski definition) is 1. The van der Waals surface area contributed by atoms with Gasteiger partial charge in [0.1, 0.15) is 11.8 Å². The van der Waals surface area contributed by atoms with Crippen LogP contribution in [-0.2, 0) is 16.1 Å². The van der Waals surface area contributed by atoms with E-state index in [0.717, 1.165) is 5.75 Å². The van der Waals surface area contributed by atoms with Gasteiger partial charge in [-0.3, -0.25) is 9.59 Å². The third kappa shape index (κ3) is 7.22. The van der Waals surface area contributed by atoms with E-state index in [1.807, 2.05) is 44.2 Å². The fourth-order valence-corrected chi connectivity index (χ4v) is 3.43. The molecule has 0 aliphatic rings. The van der Waals surface area contributed by atoms with Gasteiger partial charge in [-0.05, 0) is 51.5 Å². The summed E-state index contributed by atoms with van der Waals surface area (Å²) in [4.78, 5) is 27.1. The maximum atomic E-state index is 13.0. The summed E-state index contributed by atoms with van der Waals surface area (Å²) in [7, 11) is 0. The van der Waals surface area contributed by atoms with Gasteiger partial charge in [-0.2, -0.15) is 0 Å². The summed E-state index contributed by atoms with van der Waals surface area (Å²) in [6.45, 7) is 6.03. The van der Waals surface area contributed by atoms with Crippen molar-refractivity contribution >= 4 is 35.0 Å². The van der Waals surface area contributed by atoms with Crippen LogP contribution in [0.4, 0.5) is 0 Å². The lowest BCUT2D eigenvalue weighted by Gasteiger charge is -2.30. The third-order valence-electron chi connectivity index (χ3n) is 4.54. The largest absolute Gasteiger partial charge is 0.494 e. The minimum atomic E-state index is -0.665. The van der Waals surface area contributed by atoms with Crippen molar-refractivity contribution in [3.05, 3.63) is 64.1 Å². The molecule has 0 saturated heterocycles. The quantitative estimate of drug-likeness (QED) is 0.512. The molecule has 162 valence electrons. The van der Waals surface area contributed by atoms with E-state index in [9.17, 15) is 9.59 Å². The molecule has 1 atom stereocenters. The maximum absolute atomic E-state index is 13.0. The molecule has 0 radical (unpaired) electrons. The van der Waals surface area contributed by atoms with Crippen LogP contribution in [0, 0.1) is 0 Å². The first kappa shape index (κ1) is 24.0. The summed E-state index contributed by atoms with van der Waals surface area (Å²) >= 11 is 12.6. The minimum Gasteiger partial charge on any atom is -0.494 e. The summed E-state index contributed by atoms with van der Waals surface area (Å²) < 4.78 is 5.66. The van der Waals surface area contributed by atoms with Crippen LogP contribution >= 0.6 is 23.2 Å². The lowest BCUT2D eigenvalue weighted by Crippen LogP contribution is -2.49. The molecule has 0 spiro atoms. The Hall–Kier alpha value is -2.24. The summed E-state index contributed by atoms with van der Waals surface area (Å²) in [6.07, 6.45) is 0.771. The third-order valence-corrected chi connectivity index (χ3v) is 5.24. The van der Waals surface area contributed by atoms with Crippen molar-refractivity contribution in [2.45, 2.75) is 52.2 Å². The fraction of sp³-hybridized carbons (Fsp3) is 0.391. The first-order valence-electron chi connectivity index (χ1n) is 10.00. The maximum Gasteiger partial charge on any atom is 0.242 e. The Morgan fingerprint density at radius 3 is 2.23 bits per heavy atom. The number of nitrogens with one attached hydrogen (secondary N) is 1. The van der Waals surface area contributed by atoms with E-state index < -0.39 is 6.04 Å². The summed E-state index contributed by atoms with van der Waals surface area (Å²) in [5, 5.41) is 3.78. The van der Waals surface area contributed by atoms with Crippen LogP contribution in [-0.4, -0.2) is 35.4 Å². The Kier molecular flexibility index (Phi) is 9.47. The number of rotatable bonds is 10. The molecule has 0 aliphatic carbocycles. The number of carbonyl (C=O) groups excluding carboxylic acids is 2. The molecule has 0 heterocycles. The van der Waals surface area contributed by atoms with Gasteiger partial charge in [0.05, 0.1) is 6.61 Å². The van der Waals surface area contributed by atoms with Gasteiger partial charge in [-0.25, -0.2) is 0 Å². The van der Waals surface area contributed by atoms with Gasteiger partial charge in [0.25, 0.3) is 0 Å². The van der Waals surface area contributed by atoms with Crippen molar-refractivity contribution in [3.63, 3.8) is 0 Å². The van der Waals surface area contributed by atoms with Gasteiger partial charge < -0.3 is 15.0 Å². The predicted molar refractivity (Wildman–Crippen MR) is 121 cm³/mol. The first-order valence-corrected chi connectivity index (χ1v) is 10.8. The van der Waals surface area contributed by atoms with Gasteiger partial charge in [0.15, 0.2) is 0 Å². The smallest absolute Gasteiger partial charge is 0.242 e. The van der Waals surface area contributed by atoms with Crippen LogP contribution in [0.2, 0.25) is 10.0 Å². The molecule has 0 saturated carbocycles. The Labute approximate surface area is 188 Å². The molecule has 0 fully saturated rings. The topological polar surface area (TPSA) is 58.6 Å². The predicted octanol–water partition coefficient (Wildman–Crippen LogP) is 5.09. The van der Waals surface area contributed by atoms with E-state index in [0.29, 0.717) is 28.6 Å². The van der Waals surface area contributed by atoms with Crippen molar-refractivity contribution in [1.29, 1.82) is 0 Å². The van der Waals surface area contributed by atoms with E-state index in [1.54, 1.807) is 25.1 Å². The van der Waals surface area contributed by atoms with Gasteiger partial charge in [0, 0.05) is 34.6 Å². The van der Waals surface area contributed by atoms with E-state index in [4.69, 9.17) is 27.9 Å². The average Bonchev–Trinajstić information content (AvgIpc) is 2.70. The Bertz CT molecular complexity index is 823. The zero-order valence-electron chi connectivity index (χ0n) is 17.5. The minimum absolute atomic E-state index is 0.0277. The van der Waals surface area contributed by atoms with Crippen LogP contribution in [0.1, 0.15) is 39.2 Å². The number of amides is 2. The number of ether oxygens (including phenoxy) is 1. The first-order chi connectivity index (χ1) is 14.3. The van der Waals surface area contributed by atoms with Crippen molar-refractivity contribution in [2.24, 2.45) is 0 Å². The molecular weight excluding hydrogens is 423 g/mol. The van der Waals surface area contributed by atoms with Crippen molar-refractivity contribution in [3.8, 4) is 5.75 Å². The molecule has 30 heavy (non-hydrogen) atoms. The van der Waals surface area contributed by atoms with Crippen LogP contribution in [0.25, 0.3) is 0 Å². The van der Waals surface area contributed by atoms with Gasteiger partial charge in [-0.1, -0.05) is 47.5 Å². The number of benzene rings is 2. The molecule has 7 heteroatoms. The Balaban J connectivity index is 2.07. The molecule has 2 rings (SSSR count). The van der Waals surface area contributed by atoms with Crippen LogP contribution in [0.3, 0.4) is 0 Å². The SMILES string of the molecule is CC(C)NC(=O)[C@H](C)N(Cc1c(Cl)cccc1Cl)C(=O)CCCOc1ccccc1. The summed E-state index contributed by atoms with van der Waals surface area (Å²) in [5.41, 5.74) is 0.624. The normalized spacial score (nSPS) is 11.8. The highest BCUT2D eigenvalue weighted by Gasteiger charge is 2.27. The van der Waals surface area contributed by atoms with E-state index in [-0.39, 0.29) is 30.8 Å². The molecule has 2 aromatic rings. The molecule has 0 bridgehead atoms. The second-order valence-electron chi connectivity index (χ2n) is 7.33. The van der Waals surface area contributed by atoms with E-state index >= 15 is 0 Å². The van der Waals surface area contributed by atoms with Crippen LogP contribution in [0.15, 0.2) is 48.5 Å². The number of carbonyl (C=O) groups is 2. The van der Waals surface area contributed by atoms with Crippen molar-refractivity contribution < 1.29 is 14.3 Å². The fourth-order valence-electron chi connectivity index (χ4n) is 2.92. The molecule has 0 aromatic heterocycles. The van der Waals surface area contributed by atoms with E-state index in [1.165, 1.54) is 4.90 Å². The zero-order valence-corrected chi connectivity index (χ0v) is 19.0. The van der Waals surface area contributed by atoms with Gasteiger partial charge in [0.2, 0.25) is 11.8 Å². The van der Waals surface area contributed by atoms with Crippen molar-refractivity contribution in [2.75, 3.05) is 6.61 Å². The second kappa shape index (κ2) is 11.8. The van der Waals surface area contributed by atoms with Gasteiger partial charge in [-0.15, -0.1) is 0 Å². The molecule has 0 aliphatic heterocycles. The Morgan fingerprint density at radius 1 is 1.00 bits per heavy atom.